The van der Waals surface area contributed by atoms with Crippen molar-refractivity contribution in [1.29, 1.82) is 0 Å². The number of carbonyl (C=O) groups excluding carboxylic acids is 2. The minimum atomic E-state index is -0.446. The maximum absolute atomic E-state index is 11.5. The quantitative estimate of drug-likeness (QED) is 0.566. The van der Waals surface area contributed by atoms with Crippen LogP contribution in [0.2, 0.25) is 5.02 Å². The molecular weight excluding hydrogens is 360 g/mol. The molecule has 0 radical (unpaired) electrons. The van der Waals surface area contributed by atoms with Crippen molar-refractivity contribution >= 4 is 39.3 Å². The zero-order chi connectivity index (χ0) is 15.7. The van der Waals surface area contributed by atoms with Crippen molar-refractivity contribution in [2.45, 2.75) is 32.6 Å². The van der Waals surface area contributed by atoms with Gasteiger partial charge >= 0.3 is 0 Å². The molecule has 0 heterocycles. The molecule has 0 aliphatic heterocycles. The third-order valence-corrected chi connectivity index (χ3v) is 3.39. The third kappa shape index (κ3) is 7.34. The molecule has 0 saturated heterocycles. The van der Waals surface area contributed by atoms with Crippen LogP contribution in [-0.2, 0) is 9.59 Å². The highest BCUT2D eigenvalue weighted by molar-refractivity contribution is 9.10. The molecule has 0 spiro atoms. The summed E-state index contributed by atoms with van der Waals surface area (Å²) in [5.74, 6) is -0.249. The lowest BCUT2D eigenvalue weighted by atomic mass is 10.2. The number of nitrogens with one attached hydrogen (secondary N) is 2. The molecule has 0 aromatic heterocycles. The summed E-state index contributed by atoms with van der Waals surface area (Å²) in [4.78, 5) is 22.9. The molecule has 1 aromatic carbocycles. The van der Waals surface area contributed by atoms with Gasteiger partial charge in [0.05, 0.1) is 5.02 Å². The van der Waals surface area contributed by atoms with E-state index >= 15 is 0 Å². The van der Waals surface area contributed by atoms with Gasteiger partial charge in [-0.1, -0.05) is 47.3 Å². The summed E-state index contributed by atoms with van der Waals surface area (Å²) in [6.07, 6.45) is 3.24. The molecule has 21 heavy (non-hydrogen) atoms. The van der Waals surface area contributed by atoms with Crippen LogP contribution in [0.5, 0.6) is 5.75 Å². The monoisotopic (exact) mass is 376 g/mol. The van der Waals surface area contributed by atoms with Crippen molar-refractivity contribution in [3.05, 3.63) is 27.7 Å². The van der Waals surface area contributed by atoms with E-state index in [0.717, 1.165) is 23.7 Å². The van der Waals surface area contributed by atoms with Gasteiger partial charge in [-0.2, -0.15) is 0 Å². The van der Waals surface area contributed by atoms with Crippen molar-refractivity contribution in [2.75, 3.05) is 6.61 Å². The highest BCUT2D eigenvalue weighted by Crippen LogP contribution is 2.27. The van der Waals surface area contributed by atoms with Gasteiger partial charge in [-0.25, -0.2) is 0 Å². The number of hydrogen-bond acceptors (Lipinski definition) is 3. The Hall–Kier alpha value is -1.27. The number of ether oxygens (including phenoxy) is 1. The summed E-state index contributed by atoms with van der Waals surface area (Å²) in [6.45, 7) is 1.83. The first-order chi connectivity index (χ1) is 10.0. The molecular formula is C14H18BrClN2O3. The predicted molar refractivity (Wildman–Crippen MR) is 85.1 cm³/mol. The van der Waals surface area contributed by atoms with Gasteiger partial charge in [-0.05, 0) is 24.6 Å². The first kappa shape index (κ1) is 17.8. The van der Waals surface area contributed by atoms with Crippen LogP contribution in [0, 0.1) is 0 Å². The lowest BCUT2D eigenvalue weighted by Gasteiger charge is -2.09. The highest BCUT2D eigenvalue weighted by Gasteiger charge is 2.07. The molecule has 0 bridgehead atoms. The lowest BCUT2D eigenvalue weighted by molar-refractivity contribution is -0.130. The smallest absolute Gasteiger partial charge is 0.276 e. The van der Waals surface area contributed by atoms with Crippen LogP contribution in [0.15, 0.2) is 22.7 Å². The number of benzene rings is 1. The van der Waals surface area contributed by atoms with Crippen LogP contribution in [-0.4, -0.2) is 18.4 Å². The first-order valence-electron chi connectivity index (χ1n) is 6.68. The molecule has 5 nitrogen and oxygen atoms in total. The Morgan fingerprint density at radius 3 is 2.62 bits per heavy atom. The summed E-state index contributed by atoms with van der Waals surface area (Å²) in [5.41, 5.74) is 4.64. The Balaban J connectivity index is 2.26. The van der Waals surface area contributed by atoms with E-state index in [4.69, 9.17) is 16.3 Å². The van der Waals surface area contributed by atoms with Crippen LogP contribution in [0.3, 0.4) is 0 Å². The van der Waals surface area contributed by atoms with Crippen molar-refractivity contribution in [3.8, 4) is 5.75 Å². The van der Waals surface area contributed by atoms with Gasteiger partial charge in [0.15, 0.2) is 6.61 Å². The van der Waals surface area contributed by atoms with Gasteiger partial charge in [-0.3, -0.25) is 20.4 Å². The number of rotatable bonds is 7. The van der Waals surface area contributed by atoms with Crippen molar-refractivity contribution in [1.82, 2.24) is 10.9 Å². The molecule has 116 valence electrons. The second-order valence-corrected chi connectivity index (χ2v) is 5.74. The van der Waals surface area contributed by atoms with Gasteiger partial charge < -0.3 is 4.74 Å². The minimum absolute atomic E-state index is 0.210. The Morgan fingerprint density at radius 2 is 1.95 bits per heavy atom. The summed E-state index contributed by atoms with van der Waals surface area (Å²) < 4.78 is 6.09. The Morgan fingerprint density at radius 1 is 1.24 bits per heavy atom. The largest absolute Gasteiger partial charge is 0.482 e. The molecule has 2 amide bonds. The van der Waals surface area contributed by atoms with E-state index in [2.05, 4.69) is 33.7 Å². The third-order valence-electron chi connectivity index (χ3n) is 2.60. The number of hydrazine groups is 1. The van der Waals surface area contributed by atoms with E-state index in [-0.39, 0.29) is 12.5 Å². The van der Waals surface area contributed by atoms with E-state index in [1.807, 2.05) is 0 Å². The Kier molecular flexibility index (Phi) is 8.15. The zero-order valence-corrected chi connectivity index (χ0v) is 14.1. The van der Waals surface area contributed by atoms with E-state index in [1.165, 1.54) is 0 Å². The molecule has 1 rings (SSSR count). The normalized spacial score (nSPS) is 10.0. The fraction of sp³-hybridized carbons (Fsp3) is 0.429. The van der Waals surface area contributed by atoms with Crippen molar-refractivity contribution in [2.24, 2.45) is 0 Å². The van der Waals surface area contributed by atoms with Crippen molar-refractivity contribution in [3.63, 3.8) is 0 Å². The number of amides is 2. The minimum Gasteiger partial charge on any atom is -0.482 e. The fourth-order valence-electron chi connectivity index (χ4n) is 1.51. The number of unbranched alkanes of at least 4 members (excludes halogenated alkanes) is 2. The molecule has 0 saturated carbocycles. The molecule has 0 fully saturated rings. The van der Waals surface area contributed by atoms with E-state index in [0.29, 0.717) is 17.2 Å². The van der Waals surface area contributed by atoms with Gasteiger partial charge in [0.25, 0.3) is 5.91 Å². The number of halogens is 2. The lowest BCUT2D eigenvalue weighted by Crippen LogP contribution is -2.43. The second kappa shape index (κ2) is 9.63. The van der Waals surface area contributed by atoms with Gasteiger partial charge in [-0.15, -0.1) is 0 Å². The molecule has 0 unspecified atom stereocenters. The van der Waals surface area contributed by atoms with E-state index < -0.39 is 5.91 Å². The molecule has 1 aromatic rings. The van der Waals surface area contributed by atoms with Crippen LogP contribution in [0.1, 0.15) is 32.6 Å². The summed E-state index contributed by atoms with van der Waals surface area (Å²) in [5, 5.41) is 0.403. The maximum atomic E-state index is 11.5. The van der Waals surface area contributed by atoms with Crippen molar-refractivity contribution < 1.29 is 14.3 Å². The fourth-order valence-corrected chi connectivity index (χ4v) is 2.24. The van der Waals surface area contributed by atoms with E-state index in [9.17, 15) is 9.59 Å². The number of hydrogen-bond donors (Lipinski definition) is 2. The maximum Gasteiger partial charge on any atom is 0.276 e. The van der Waals surface area contributed by atoms with Crippen LogP contribution in [0.4, 0.5) is 0 Å². The van der Waals surface area contributed by atoms with Gasteiger partial charge in [0.1, 0.15) is 5.75 Å². The second-order valence-electron chi connectivity index (χ2n) is 4.42. The SMILES string of the molecule is CCCCCC(=O)NNC(=O)COc1ccc(Br)cc1Cl. The molecule has 2 N–H and O–H groups in total. The standard InChI is InChI=1S/C14H18BrClN2O3/c1-2-3-4-5-13(19)17-18-14(20)9-21-12-7-6-10(15)8-11(12)16/h6-8H,2-5,9H2,1H3,(H,17,19)(H,18,20). The number of carbonyl (C=O) groups is 2. The molecule has 0 atom stereocenters. The summed E-state index contributed by atoms with van der Waals surface area (Å²) in [6, 6.07) is 5.09. The molecule has 0 aliphatic rings. The predicted octanol–water partition coefficient (Wildman–Crippen LogP) is 3.21. The zero-order valence-electron chi connectivity index (χ0n) is 11.7. The Bertz CT molecular complexity index is 497. The molecule has 0 aliphatic carbocycles. The molecule has 7 heteroatoms. The average molecular weight is 378 g/mol. The Labute approximate surface area is 137 Å². The van der Waals surface area contributed by atoms with Gasteiger partial charge in [0, 0.05) is 10.9 Å². The van der Waals surface area contributed by atoms with E-state index in [1.54, 1.807) is 18.2 Å². The average Bonchev–Trinajstić information content (AvgIpc) is 2.44. The summed E-state index contributed by atoms with van der Waals surface area (Å²) in [7, 11) is 0. The van der Waals surface area contributed by atoms with Crippen LogP contribution in [0.25, 0.3) is 0 Å². The van der Waals surface area contributed by atoms with Crippen LogP contribution < -0.4 is 15.6 Å². The first-order valence-corrected chi connectivity index (χ1v) is 7.85. The van der Waals surface area contributed by atoms with Crippen LogP contribution >= 0.6 is 27.5 Å². The topological polar surface area (TPSA) is 67.4 Å². The van der Waals surface area contributed by atoms with Gasteiger partial charge in [0.2, 0.25) is 5.91 Å². The highest BCUT2D eigenvalue weighted by atomic mass is 79.9. The summed E-state index contributed by atoms with van der Waals surface area (Å²) >= 11 is 9.23.